The molecule has 0 spiro atoms. The van der Waals surface area contributed by atoms with Crippen molar-refractivity contribution in [2.45, 2.75) is 71.9 Å². The van der Waals surface area contributed by atoms with Crippen molar-refractivity contribution in [3.63, 3.8) is 0 Å². The summed E-state index contributed by atoms with van der Waals surface area (Å²) in [5, 5.41) is 13.8. The molecule has 3 aromatic heterocycles. The maximum atomic E-state index is 12.9. The minimum Gasteiger partial charge on any atom is -0.353 e. The Morgan fingerprint density at radius 1 is 1.31 bits per heavy atom. The fourth-order valence-electron chi connectivity index (χ4n) is 4.31. The number of nitrogens with one attached hydrogen (secondary N) is 1. The van der Waals surface area contributed by atoms with Crippen LogP contribution in [0.1, 0.15) is 58.7 Å². The van der Waals surface area contributed by atoms with E-state index in [4.69, 9.17) is 0 Å². The van der Waals surface area contributed by atoms with E-state index in [-0.39, 0.29) is 17.5 Å². The molecule has 8 heteroatoms. The van der Waals surface area contributed by atoms with Crippen LogP contribution in [0.5, 0.6) is 0 Å². The standard InChI is InChI=1S/C21H29N5O2S/c1-13(2)12-25-20(28)19-16(10-11-29-19)26-17(23-24-21(25)26)8-9-18(27)22-15-7-5-4-6-14(15)3/h10-11,13-15H,4-9,12H2,1-3H3,(H,22,27)/t14-,15+/m0/s1. The molecule has 156 valence electrons. The summed E-state index contributed by atoms with van der Waals surface area (Å²) in [6.45, 7) is 6.97. The van der Waals surface area contributed by atoms with Crippen LogP contribution in [0.15, 0.2) is 16.2 Å². The summed E-state index contributed by atoms with van der Waals surface area (Å²) >= 11 is 1.44. The number of carbonyl (C=O) groups excluding carboxylic acids is 1. The Kier molecular flexibility index (Phi) is 5.72. The smallest absolute Gasteiger partial charge is 0.272 e. The molecule has 2 atom stereocenters. The summed E-state index contributed by atoms with van der Waals surface area (Å²) < 4.78 is 4.37. The van der Waals surface area contributed by atoms with Crippen LogP contribution in [0.25, 0.3) is 16.0 Å². The molecule has 1 aliphatic rings. The Hall–Kier alpha value is -2.22. The molecule has 1 fully saturated rings. The average molecular weight is 416 g/mol. The van der Waals surface area contributed by atoms with Gasteiger partial charge in [0.05, 0.1) is 5.52 Å². The zero-order chi connectivity index (χ0) is 20.5. The van der Waals surface area contributed by atoms with Gasteiger partial charge in [0.25, 0.3) is 5.56 Å². The Morgan fingerprint density at radius 2 is 2.10 bits per heavy atom. The lowest BCUT2D eigenvalue weighted by molar-refractivity contribution is -0.122. The van der Waals surface area contributed by atoms with Crippen molar-refractivity contribution >= 4 is 33.2 Å². The quantitative estimate of drug-likeness (QED) is 0.669. The van der Waals surface area contributed by atoms with E-state index in [1.54, 1.807) is 4.57 Å². The van der Waals surface area contributed by atoms with Gasteiger partial charge in [0.15, 0.2) is 0 Å². The van der Waals surface area contributed by atoms with Gasteiger partial charge in [-0.3, -0.25) is 18.6 Å². The summed E-state index contributed by atoms with van der Waals surface area (Å²) in [5.74, 6) is 2.21. The second-order valence-corrected chi connectivity index (χ2v) is 9.55. The van der Waals surface area contributed by atoms with Crippen LogP contribution in [0.3, 0.4) is 0 Å². The third-order valence-corrected chi connectivity index (χ3v) is 6.75. The van der Waals surface area contributed by atoms with Gasteiger partial charge < -0.3 is 5.32 Å². The van der Waals surface area contributed by atoms with Gasteiger partial charge in [0, 0.05) is 25.4 Å². The normalized spacial score (nSPS) is 20.0. The van der Waals surface area contributed by atoms with E-state index in [0.717, 1.165) is 17.8 Å². The SMILES string of the molecule is CC(C)Cn1c(=O)c2sccc2n2c(CCC(=O)N[C@@H]3CCCC[C@@H]3C)nnc12. The summed E-state index contributed by atoms with van der Waals surface area (Å²) in [5.41, 5.74) is 0.815. The van der Waals surface area contributed by atoms with Crippen molar-refractivity contribution in [3.8, 4) is 0 Å². The lowest BCUT2D eigenvalue weighted by Crippen LogP contribution is -2.41. The number of aryl methyl sites for hydroxylation is 1. The first-order chi connectivity index (χ1) is 14.0. The molecule has 0 radical (unpaired) electrons. The predicted molar refractivity (Wildman–Crippen MR) is 115 cm³/mol. The van der Waals surface area contributed by atoms with E-state index in [1.165, 1.54) is 30.6 Å². The van der Waals surface area contributed by atoms with Crippen LogP contribution in [-0.4, -0.2) is 31.1 Å². The van der Waals surface area contributed by atoms with Gasteiger partial charge in [-0.2, -0.15) is 0 Å². The molecule has 0 bridgehead atoms. The van der Waals surface area contributed by atoms with E-state index < -0.39 is 0 Å². The molecule has 1 N–H and O–H groups in total. The van der Waals surface area contributed by atoms with Gasteiger partial charge in [0.2, 0.25) is 11.7 Å². The van der Waals surface area contributed by atoms with Crippen LogP contribution in [-0.2, 0) is 17.8 Å². The summed E-state index contributed by atoms with van der Waals surface area (Å²) in [4.78, 5) is 25.4. The third kappa shape index (κ3) is 3.95. The monoisotopic (exact) mass is 415 g/mol. The van der Waals surface area contributed by atoms with E-state index >= 15 is 0 Å². The zero-order valence-corrected chi connectivity index (χ0v) is 18.2. The number of amides is 1. The number of carbonyl (C=O) groups is 1. The molecule has 3 aromatic rings. The van der Waals surface area contributed by atoms with E-state index in [0.29, 0.717) is 41.7 Å². The van der Waals surface area contributed by atoms with Crippen LogP contribution >= 0.6 is 11.3 Å². The predicted octanol–water partition coefficient (Wildman–Crippen LogP) is 3.39. The number of hydrogen-bond acceptors (Lipinski definition) is 5. The largest absolute Gasteiger partial charge is 0.353 e. The van der Waals surface area contributed by atoms with Crippen LogP contribution in [0.2, 0.25) is 0 Å². The van der Waals surface area contributed by atoms with Gasteiger partial charge in [0.1, 0.15) is 10.5 Å². The van der Waals surface area contributed by atoms with Crippen molar-refractivity contribution in [2.75, 3.05) is 0 Å². The van der Waals surface area contributed by atoms with E-state index in [2.05, 4.69) is 36.3 Å². The number of hydrogen-bond donors (Lipinski definition) is 1. The molecule has 0 saturated heterocycles. The topological polar surface area (TPSA) is 81.3 Å². The third-order valence-electron chi connectivity index (χ3n) is 5.86. The minimum absolute atomic E-state index is 0.0146. The minimum atomic E-state index is -0.0146. The van der Waals surface area contributed by atoms with Gasteiger partial charge in [-0.25, -0.2) is 0 Å². The Bertz CT molecular complexity index is 1080. The van der Waals surface area contributed by atoms with Crippen LogP contribution < -0.4 is 10.9 Å². The van der Waals surface area contributed by atoms with Gasteiger partial charge in [-0.05, 0) is 36.1 Å². The number of rotatable bonds is 6. The fourth-order valence-corrected chi connectivity index (χ4v) is 5.13. The molecule has 7 nitrogen and oxygen atoms in total. The van der Waals surface area contributed by atoms with Gasteiger partial charge in [-0.15, -0.1) is 21.5 Å². The van der Waals surface area contributed by atoms with Crippen LogP contribution in [0.4, 0.5) is 0 Å². The first-order valence-electron chi connectivity index (χ1n) is 10.6. The number of thiophene rings is 1. The maximum absolute atomic E-state index is 12.9. The average Bonchev–Trinajstić information content (AvgIpc) is 3.32. The van der Waals surface area contributed by atoms with Crippen molar-refractivity contribution in [1.82, 2.24) is 24.5 Å². The molecule has 1 amide bonds. The number of nitrogens with zero attached hydrogens (tertiary/aromatic N) is 4. The fraction of sp³-hybridized carbons (Fsp3) is 0.619. The second-order valence-electron chi connectivity index (χ2n) is 8.63. The maximum Gasteiger partial charge on any atom is 0.272 e. The molecule has 4 rings (SSSR count). The second kappa shape index (κ2) is 8.26. The Morgan fingerprint density at radius 3 is 2.86 bits per heavy atom. The van der Waals surface area contributed by atoms with Gasteiger partial charge in [-0.1, -0.05) is 33.6 Å². The summed E-state index contributed by atoms with van der Waals surface area (Å²) in [6.07, 6.45) is 5.57. The number of fused-ring (bicyclic) bond motifs is 3. The van der Waals surface area contributed by atoms with Crippen molar-refractivity contribution < 1.29 is 4.79 Å². The lowest BCUT2D eigenvalue weighted by Gasteiger charge is -2.29. The molecular weight excluding hydrogens is 386 g/mol. The Labute approximate surface area is 174 Å². The molecular formula is C21H29N5O2S. The highest BCUT2D eigenvalue weighted by atomic mass is 32.1. The number of aromatic nitrogens is 4. The molecule has 3 heterocycles. The van der Waals surface area contributed by atoms with Crippen molar-refractivity contribution in [1.29, 1.82) is 0 Å². The molecule has 1 saturated carbocycles. The lowest BCUT2D eigenvalue weighted by atomic mass is 9.86. The molecule has 0 aliphatic heterocycles. The zero-order valence-electron chi connectivity index (χ0n) is 17.4. The first-order valence-corrected chi connectivity index (χ1v) is 11.5. The summed E-state index contributed by atoms with van der Waals surface area (Å²) in [6, 6.07) is 2.22. The van der Waals surface area contributed by atoms with E-state index in [1.807, 2.05) is 15.8 Å². The van der Waals surface area contributed by atoms with Crippen molar-refractivity contribution in [3.05, 3.63) is 27.6 Å². The van der Waals surface area contributed by atoms with E-state index in [9.17, 15) is 9.59 Å². The highest BCUT2D eigenvalue weighted by molar-refractivity contribution is 7.17. The highest BCUT2D eigenvalue weighted by Gasteiger charge is 2.23. The Balaban J connectivity index is 1.59. The molecule has 29 heavy (non-hydrogen) atoms. The molecule has 0 aromatic carbocycles. The van der Waals surface area contributed by atoms with Crippen LogP contribution in [0, 0.1) is 11.8 Å². The summed E-state index contributed by atoms with van der Waals surface area (Å²) in [7, 11) is 0. The van der Waals surface area contributed by atoms with Crippen molar-refractivity contribution in [2.24, 2.45) is 11.8 Å². The highest BCUT2D eigenvalue weighted by Crippen LogP contribution is 2.24. The van der Waals surface area contributed by atoms with Gasteiger partial charge >= 0.3 is 0 Å². The first kappa shape index (κ1) is 20.1. The molecule has 1 aliphatic carbocycles. The molecule has 0 unspecified atom stereocenters.